The van der Waals surface area contributed by atoms with E-state index >= 15 is 0 Å². The number of thiocarbonyl (C=S) groups is 2. The summed E-state index contributed by atoms with van der Waals surface area (Å²) in [7, 11) is -2.66. The van der Waals surface area contributed by atoms with Gasteiger partial charge in [-0.25, -0.2) is 0 Å². The molecule has 10 nitrogen and oxygen atoms in total. The maximum absolute atomic E-state index is 13.2. The Morgan fingerprint density at radius 2 is 1.17 bits per heavy atom. The van der Waals surface area contributed by atoms with Crippen molar-refractivity contribution in [2.45, 2.75) is 33.2 Å². The first-order chi connectivity index (χ1) is 22.3. The lowest BCUT2D eigenvalue weighted by molar-refractivity contribution is 0.0709. The van der Waals surface area contributed by atoms with E-state index in [1.165, 1.54) is 0 Å². The van der Waals surface area contributed by atoms with Crippen molar-refractivity contribution in [2.24, 2.45) is 0 Å². The molecule has 0 saturated carbocycles. The van der Waals surface area contributed by atoms with Crippen molar-refractivity contribution in [2.75, 3.05) is 55.4 Å². The number of hydrogen-bond acceptors (Lipinski definition) is 8. The average Bonchev–Trinajstić information content (AvgIpc) is 3.05. The van der Waals surface area contributed by atoms with Crippen LogP contribution >= 0.6 is 24.4 Å². The molecule has 0 atom stereocenters. The lowest BCUT2D eigenvalue weighted by atomic mass is 9.83. The number of carbonyl (C=O) groups excluding carboxylic acids is 2. The van der Waals surface area contributed by atoms with Gasteiger partial charge in [0.1, 0.15) is 0 Å². The molecule has 1 aliphatic carbocycles. The van der Waals surface area contributed by atoms with Crippen molar-refractivity contribution in [1.82, 2.24) is 10.6 Å². The summed E-state index contributed by atoms with van der Waals surface area (Å²) in [5.74, 6) is -0.295. The number of rotatable bonds is 16. The van der Waals surface area contributed by atoms with Gasteiger partial charge in [0.05, 0.1) is 5.56 Å². The van der Waals surface area contributed by atoms with Gasteiger partial charge in [-0.05, 0) is 82.0 Å². The molecule has 3 aromatic carbocycles. The van der Waals surface area contributed by atoms with Crippen LogP contribution in [-0.4, -0.2) is 70.1 Å². The lowest BCUT2D eigenvalue weighted by Crippen LogP contribution is -2.46. The van der Waals surface area contributed by atoms with Gasteiger partial charge in [-0.3, -0.25) is 9.59 Å². The Morgan fingerprint density at radius 1 is 0.652 bits per heavy atom. The summed E-state index contributed by atoms with van der Waals surface area (Å²) in [5.41, 5.74) is 3.98. The molecule has 244 valence electrons. The highest BCUT2D eigenvalue weighted by Crippen LogP contribution is 2.31. The molecule has 0 saturated heterocycles. The Labute approximate surface area is 282 Å². The molecular formula is C33H41N5O5S2Si. The van der Waals surface area contributed by atoms with Crippen molar-refractivity contribution in [3.8, 4) is 0 Å². The molecule has 0 fully saturated rings. The molecule has 13 heteroatoms. The van der Waals surface area contributed by atoms with Gasteiger partial charge in [-0.2, -0.15) is 0 Å². The molecule has 5 N–H and O–H groups in total. The van der Waals surface area contributed by atoms with Crippen molar-refractivity contribution >= 4 is 72.1 Å². The van der Waals surface area contributed by atoms with Crippen LogP contribution < -0.4 is 26.6 Å². The zero-order valence-corrected chi connectivity index (χ0v) is 29.0. The first-order valence-electron chi connectivity index (χ1n) is 15.5. The van der Waals surface area contributed by atoms with E-state index in [2.05, 4.69) is 26.6 Å². The topological polar surface area (TPSA) is 122 Å². The molecule has 0 radical (unpaired) electrons. The molecule has 1 aliphatic rings. The van der Waals surface area contributed by atoms with Crippen LogP contribution in [0.2, 0.25) is 6.04 Å². The van der Waals surface area contributed by atoms with E-state index in [9.17, 15) is 9.59 Å². The van der Waals surface area contributed by atoms with E-state index in [1.807, 2.05) is 51.1 Å². The smallest absolute Gasteiger partial charge is 0.383 e. The summed E-state index contributed by atoms with van der Waals surface area (Å²) < 4.78 is 17.7. The predicted octanol–water partition coefficient (Wildman–Crippen LogP) is 5.59. The van der Waals surface area contributed by atoms with Crippen molar-refractivity contribution < 1.29 is 22.9 Å². The normalized spacial score (nSPS) is 12.2. The predicted molar refractivity (Wildman–Crippen MR) is 193 cm³/mol. The standard InChI is InChI=1S/C33H41N5O5S2Si/c1-4-41-46(42-5-2,43-6-3)22-10-19-35-32(44)37-23-15-17-24(18-16-23)38-33(45)36-21-20-34-28-14-9-13-27-29(28)31(40)26-12-8-7-11-25(26)30(27)39/h7-9,11-18,34H,4-6,10,19-22H2,1-3H3,(H2,35,37,44)(H2,36,38,45). The molecule has 0 aliphatic heterocycles. The molecule has 46 heavy (non-hydrogen) atoms. The summed E-state index contributed by atoms with van der Waals surface area (Å²) in [6.07, 6.45) is 0.802. The molecule has 4 rings (SSSR count). The second-order valence-corrected chi connectivity index (χ2v) is 13.8. The molecule has 0 unspecified atom stereocenters. The first-order valence-corrected chi connectivity index (χ1v) is 18.2. The second kappa shape index (κ2) is 17.3. The number of ketones is 2. The zero-order chi connectivity index (χ0) is 32.9. The minimum Gasteiger partial charge on any atom is -0.383 e. The molecule has 0 amide bonds. The minimum absolute atomic E-state index is 0.141. The van der Waals surface area contributed by atoms with E-state index in [-0.39, 0.29) is 11.6 Å². The number of nitrogens with one attached hydrogen (secondary N) is 5. The Morgan fingerprint density at radius 3 is 1.74 bits per heavy atom. The largest absolute Gasteiger partial charge is 0.500 e. The van der Waals surface area contributed by atoms with Crippen LogP contribution in [0.3, 0.4) is 0 Å². The molecule has 0 bridgehead atoms. The van der Waals surface area contributed by atoms with Gasteiger partial charge in [-0.1, -0.05) is 36.4 Å². The summed E-state index contributed by atoms with van der Waals surface area (Å²) in [4.78, 5) is 26.2. The van der Waals surface area contributed by atoms with E-state index < -0.39 is 8.80 Å². The van der Waals surface area contributed by atoms with Gasteiger partial charge in [0.2, 0.25) is 0 Å². The number of anilines is 3. The third-order valence-electron chi connectivity index (χ3n) is 7.12. The number of hydrogen-bond donors (Lipinski definition) is 5. The van der Waals surface area contributed by atoms with Gasteiger partial charge < -0.3 is 39.9 Å². The number of fused-ring (bicyclic) bond motifs is 2. The maximum Gasteiger partial charge on any atom is 0.500 e. The van der Waals surface area contributed by atoms with E-state index in [1.54, 1.807) is 36.4 Å². The van der Waals surface area contributed by atoms with Crippen LogP contribution in [0.25, 0.3) is 0 Å². The van der Waals surface area contributed by atoms with Gasteiger partial charge >= 0.3 is 8.80 Å². The highest BCUT2D eigenvalue weighted by Gasteiger charge is 2.39. The van der Waals surface area contributed by atoms with Gasteiger partial charge in [0.25, 0.3) is 0 Å². The summed E-state index contributed by atoms with van der Waals surface area (Å²) in [6, 6.07) is 20.5. The van der Waals surface area contributed by atoms with Crippen LogP contribution in [0, 0.1) is 0 Å². The van der Waals surface area contributed by atoms with Gasteiger partial charge in [-0.15, -0.1) is 0 Å². The van der Waals surface area contributed by atoms with Crippen LogP contribution in [0.1, 0.15) is 59.0 Å². The Balaban J connectivity index is 1.18. The fraction of sp³-hybridized carbons (Fsp3) is 0.333. The molecule has 0 aromatic heterocycles. The van der Waals surface area contributed by atoms with Crippen molar-refractivity contribution in [1.29, 1.82) is 0 Å². The summed E-state index contributed by atoms with van der Waals surface area (Å²) in [6.45, 7) is 9.17. The zero-order valence-electron chi connectivity index (χ0n) is 26.4. The number of benzene rings is 3. The Bertz CT molecular complexity index is 1520. The molecule has 0 heterocycles. The van der Waals surface area contributed by atoms with Crippen LogP contribution in [0.5, 0.6) is 0 Å². The van der Waals surface area contributed by atoms with Crippen LogP contribution in [0.15, 0.2) is 66.7 Å². The Hall–Kier alpha value is -3.72. The Kier molecular flexibility index (Phi) is 13.2. The minimum atomic E-state index is -2.66. The second-order valence-electron chi connectivity index (χ2n) is 10.3. The summed E-state index contributed by atoms with van der Waals surface area (Å²) in [5, 5.41) is 17.0. The highest BCUT2D eigenvalue weighted by molar-refractivity contribution is 7.80. The average molecular weight is 680 g/mol. The van der Waals surface area contributed by atoms with Crippen molar-refractivity contribution in [3.63, 3.8) is 0 Å². The van der Waals surface area contributed by atoms with Crippen LogP contribution in [0.4, 0.5) is 17.1 Å². The van der Waals surface area contributed by atoms with Gasteiger partial charge in [0.15, 0.2) is 21.8 Å². The third kappa shape index (κ3) is 9.18. The fourth-order valence-corrected chi connectivity index (χ4v) is 8.21. The third-order valence-corrected chi connectivity index (χ3v) is 10.8. The molecular weight excluding hydrogens is 639 g/mol. The quantitative estimate of drug-likeness (QED) is 0.0577. The van der Waals surface area contributed by atoms with Crippen LogP contribution in [-0.2, 0) is 13.3 Å². The van der Waals surface area contributed by atoms with Crippen molar-refractivity contribution in [3.05, 3.63) is 89.0 Å². The lowest BCUT2D eigenvalue weighted by Gasteiger charge is -2.28. The van der Waals surface area contributed by atoms with E-state index in [0.29, 0.717) is 83.7 Å². The first kappa shape index (κ1) is 35.1. The maximum atomic E-state index is 13.2. The fourth-order valence-electron chi connectivity index (χ4n) is 5.16. The molecule has 0 spiro atoms. The highest BCUT2D eigenvalue weighted by atomic mass is 32.1. The van der Waals surface area contributed by atoms with E-state index in [4.69, 9.17) is 37.7 Å². The molecule has 3 aromatic rings. The van der Waals surface area contributed by atoms with Gasteiger partial charge in [0, 0.05) is 79.3 Å². The summed E-state index contributed by atoms with van der Waals surface area (Å²) >= 11 is 10.9. The van der Waals surface area contributed by atoms with E-state index in [0.717, 1.165) is 17.8 Å². The number of carbonyl (C=O) groups is 2. The monoisotopic (exact) mass is 679 g/mol. The SMILES string of the molecule is CCO[Si](CCCNC(=S)Nc1ccc(NC(=S)NCCNc2cccc3c2C(=O)c2ccccc2C3=O)cc1)(OCC)OCC.